The lowest BCUT2D eigenvalue weighted by Crippen LogP contribution is -2.20. The summed E-state index contributed by atoms with van der Waals surface area (Å²) >= 11 is 0. The van der Waals surface area contributed by atoms with Crippen molar-refractivity contribution in [2.45, 2.75) is 13.0 Å². The number of ether oxygens (including phenoxy) is 2. The van der Waals surface area contributed by atoms with Crippen LogP contribution in [0.2, 0.25) is 0 Å². The summed E-state index contributed by atoms with van der Waals surface area (Å²) in [4.78, 5) is 0. The van der Waals surface area contributed by atoms with Gasteiger partial charge < -0.3 is 14.8 Å². The Balaban J connectivity index is 2.67. The Morgan fingerprint density at radius 3 is 2.56 bits per heavy atom. The van der Waals surface area contributed by atoms with Gasteiger partial charge in [-0.2, -0.15) is 0 Å². The number of benzene rings is 1. The molecule has 0 amide bonds. The molecule has 0 bridgehead atoms. The summed E-state index contributed by atoms with van der Waals surface area (Å²) < 4.78 is 34.1. The third kappa shape index (κ3) is 3.66. The van der Waals surface area contributed by atoms with Crippen LogP contribution in [0.1, 0.15) is 5.56 Å². The zero-order valence-corrected chi connectivity index (χ0v) is 9.30. The second kappa shape index (κ2) is 6.27. The fourth-order valence-corrected chi connectivity index (χ4v) is 1.34. The van der Waals surface area contributed by atoms with Gasteiger partial charge in [-0.15, -0.1) is 0 Å². The third-order valence-electron chi connectivity index (χ3n) is 2.10. The molecule has 3 nitrogen and oxygen atoms in total. The van der Waals surface area contributed by atoms with E-state index in [2.05, 4.69) is 5.32 Å². The Labute approximate surface area is 93.4 Å². The molecule has 1 rings (SSSR count). The Morgan fingerprint density at radius 2 is 2.00 bits per heavy atom. The Morgan fingerprint density at radius 1 is 1.25 bits per heavy atom. The summed E-state index contributed by atoms with van der Waals surface area (Å²) in [6.45, 7) is -0.00885. The second-order valence-corrected chi connectivity index (χ2v) is 3.20. The first-order chi connectivity index (χ1) is 7.67. The maximum atomic E-state index is 11.9. The van der Waals surface area contributed by atoms with E-state index >= 15 is 0 Å². The maximum Gasteiger partial charge on any atom is 0.250 e. The van der Waals surface area contributed by atoms with Crippen molar-refractivity contribution in [2.24, 2.45) is 0 Å². The van der Waals surface area contributed by atoms with Gasteiger partial charge in [-0.3, -0.25) is 0 Å². The molecule has 0 aliphatic carbocycles. The van der Waals surface area contributed by atoms with Crippen LogP contribution in [0.3, 0.4) is 0 Å². The van der Waals surface area contributed by atoms with Gasteiger partial charge in [0.1, 0.15) is 11.5 Å². The average molecular weight is 231 g/mol. The largest absolute Gasteiger partial charge is 0.497 e. The molecule has 5 heteroatoms. The van der Waals surface area contributed by atoms with Gasteiger partial charge in [-0.1, -0.05) is 0 Å². The molecule has 90 valence electrons. The van der Waals surface area contributed by atoms with Crippen molar-refractivity contribution < 1.29 is 18.3 Å². The van der Waals surface area contributed by atoms with Crippen LogP contribution in [0.25, 0.3) is 0 Å². The minimum atomic E-state index is -2.35. The van der Waals surface area contributed by atoms with Gasteiger partial charge in [0.2, 0.25) is 0 Å². The molecule has 0 atom stereocenters. The van der Waals surface area contributed by atoms with Crippen LogP contribution in [0.4, 0.5) is 8.78 Å². The van der Waals surface area contributed by atoms with Gasteiger partial charge in [-0.25, -0.2) is 8.78 Å². The highest BCUT2D eigenvalue weighted by molar-refractivity contribution is 5.40. The molecular weight excluding hydrogens is 216 g/mol. The van der Waals surface area contributed by atoms with Crippen LogP contribution >= 0.6 is 0 Å². The number of methoxy groups -OCH3 is 2. The summed E-state index contributed by atoms with van der Waals surface area (Å²) in [5, 5.41) is 2.64. The molecule has 16 heavy (non-hydrogen) atoms. The monoisotopic (exact) mass is 231 g/mol. The molecule has 0 fully saturated rings. The highest BCUT2D eigenvalue weighted by Gasteiger charge is 2.06. The standard InChI is InChI=1S/C11H15F2NO2/c1-15-9-3-4-10(16-2)8(5-9)6-14-7-11(12)13/h3-5,11,14H,6-7H2,1-2H3. The normalized spacial score (nSPS) is 10.6. The van der Waals surface area contributed by atoms with Crippen molar-refractivity contribution in [1.82, 2.24) is 5.32 Å². The van der Waals surface area contributed by atoms with E-state index in [1.54, 1.807) is 32.4 Å². The molecule has 1 N–H and O–H groups in total. The minimum absolute atomic E-state index is 0.324. The summed E-state index contributed by atoms with van der Waals surface area (Å²) in [6.07, 6.45) is -2.35. The third-order valence-corrected chi connectivity index (χ3v) is 2.10. The smallest absolute Gasteiger partial charge is 0.250 e. The predicted octanol–water partition coefficient (Wildman–Crippen LogP) is 2.06. The first-order valence-corrected chi connectivity index (χ1v) is 4.87. The van der Waals surface area contributed by atoms with E-state index in [9.17, 15) is 8.78 Å². The molecule has 0 aliphatic heterocycles. The molecule has 0 aliphatic rings. The van der Waals surface area contributed by atoms with Gasteiger partial charge in [0.25, 0.3) is 6.43 Å². The Kier molecular flexibility index (Phi) is 4.98. The van der Waals surface area contributed by atoms with E-state index in [0.29, 0.717) is 18.0 Å². The topological polar surface area (TPSA) is 30.5 Å². The van der Waals surface area contributed by atoms with Crippen LogP contribution in [0.5, 0.6) is 11.5 Å². The van der Waals surface area contributed by atoms with E-state index in [1.165, 1.54) is 0 Å². The van der Waals surface area contributed by atoms with Gasteiger partial charge in [0.15, 0.2) is 0 Å². The minimum Gasteiger partial charge on any atom is -0.497 e. The molecule has 0 unspecified atom stereocenters. The van der Waals surface area contributed by atoms with Gasteiger partial charge in [0, 0.05) is 12.1 Å². The molecule has 0 spiro atoms. The van der Waals surface area contributed by atoms with Gasteiger partial charge >= 0.3 is 0 Å². The summed E-state index contributed by atoms with van der Waals surface area (Å²) in [5.74, 6) is 1.33. The molecule has 1 aromatic rings. The molecular formula is C11H15F2NO2. The van der Waals surface area contributed by atoms with Crippen LogP contribution < -0.4 is 14.8 Å². The van der Waals surface area contributed by atoms with Crippen LogP contribution in [-0.2, 0) is 6.54 Å². The van der Waals surface area contributed by atoms with E-state index < -0.39 is 6.43 Å². The number of alkyl halides is 2. The Bertz CT molecular complexity index is 332. The van der Waals surface area contributed by atoms with E-state index in [4.69, 9.17) is 9.47 Å². The number of halogens is 2. The first kappa shape index (κ1) is 12.7. The van der Waals surface area contributed by atoms with Crippen LogP contribution in [0, 0.1) is 0 Å². The maximum absolute atomic E-state index is 11.9. The fourth-order valence-electron chi connectivity index (χ4n) is 1.34. The summed E-state index contributed by atoms with van der Waals surface area (Å²) in [6, 6.07) is 5.27. The number of rotatable bonds is 6. The average Bonchev–Trinajstić information content (AvgIpc) is 2.28. The van der Waals surface area contributed by atoms with E-state index in [-0.39, 0.29) is 6.54 Å². The quantitative estimate of drug-likeness (QED) is 0.812. The zero-order valence-electron chi connectivity index (χ0n) is 9.30. The first-order valence-electron chi connectivity index (χ1n) is 4.87. The van der Waals surface area contributed by atoms with Crippen molar-refractivity contribution >= 4 is 0 Å². The lowest BCUT2D eigenvalue weighted by Gasteiger charge is -2.11. The molecule has 0 radical (unpaired) electrons. The molecule has 0 heterocycles. The highest BCUT2D eigenvalue weighted by Crippen LogP contribution is 2.23. The lowest BCUT2D eigenvalue weighted by molar-refractivity contribution is 0.145. The van der Waals surface area contributed by atoms with Crippen molar-refractivity contribution in [3.8, 4) is 11.5 Å². The number of hydrogen-bond acceptors (Lipinski definition) is 3. The van der Waals surface area contributed by atoms with Crippen molar-refractivity contribution in [1.29, 1.82) is 0 Å². The molecule has 0 saturated carbocycles. The molecule has 1 aromatic carbocycles. The van der Waals surface area contributed by atoms with E-state index in [0.717, 1.165) is 5.56 Å². The summed E-state index contributed by atoms with van der Waals surface area (Å²) in [5.41, 5.74) is 0.794. The number of hydrogen-bond donors (Lipinski definition) is 1. The predicted molar refractivity (Wildman–Crippen MR) is 57.3 cm³/mol. The van der Waals surface area contributed by atoms with Gasteiger partial charge in [0.05, 0.1) is 20.8 Å². The molecule has 0 saturated heterocycles. The molecule has 0 aromatic heterocycles. The zero-order chi connectivity index (χ0) is 12.0. The van der Waals surface area contributed by atoms with Crippen molar-refractivity contribution in [3.05, 3.63) is 23.8 Å². The number of nitrogens with one attached hydrogen (secondary N) is 1. The van der Waals surface area contributed by atoms with Crippen LogP contribution in [-0.4, -0.2) is 27.2 Å². The van der Waals surface area contributed by atoms with Crippen molar-refractivity contribution in [3.63, 3.8) is 0 Å². The van der Waals surface area contributed by atoms with Gasteiger partial charge in [-0.05, 0) is 18.2 Å². The fraction of sp³-hybridized carbons (Fsp3) is 0.455. The summed E-state index contributed by atoms with van der Waals surface area (Å²) in [7, 11) is 3.09. The Hall–Kier alpha value is -1.36. The second-order valence-electron chi connectivity index (χ2n) is 3.20. The SMILES string of the molecule is COc1ccc(OC)c(CNCC(F)F)c1. The van der Waals surface area contributed by atoms with Crippen molar-refractivity contribution in [2.75, 3.05) is 20.8 Å². The van der Waals surface area contributed by atoms with E-state index in [1.807, 2.05) is 0 Å². The van der Waals surface area contributed by atoms with Crippen LogP contribution in [0.15, 0.2) is 18.2 Å². The lowest BCUT2D eigenvalue weighted by atomic mass is 10.2. The highest BCUT2D eigenvalue weighted by atomic mass is 19.3.